The first-order valence-electron chi connectivity index (χ1n) is 9.16. The van der Waals surface area contributed by atoms with Crippen molar-refractivity contribution in [2.24, 2.45) is 0 Å². The number of anilines is 1. The van der Waals surface area contributed by atoms with Crippen molar-refractivity contribution in [1.29, 1.82) is 0 Å². The third kappa shape index (κ3) is 3.27. The Labute approximate surface area is 167 Å². The van der Waals surface area contributed by atoms with Gasteiger partial charge in [-0.2, -0.15) is 5.10 Å². The van der Waals surface area contributed by atoms with Gasteiger partial charge in [0.25, 0.3) is 0 Å². The van der Waals surface area contributed by atoms with E-state index in [1.807, 2.05) is 72.8 Å². The molecular formula is C23H17N5O. The van der Waals surface area contributed by atoms with Crippen LogP contribution in [0.15, 0.2) is 85.2 Å². The summed E-state index contributed by atoms with van der Waals surface area (Å²) in [4.78, 5) is 8.96. The van der Waals surface area contributed by atoms with E-state index in [9.17, 15) is 0 Å². The Bertz CT molecular complexity index is 1270. The third-order valence-electron chi connectivity index (χ3n) is 4.66. The predicted molar refractivity (Wildman–Crippen MR) is 113 cm³/mol. The molecule has 3 aromatic heterocycles. The van der Waals surface area contributed by atoms with Crippen LogP contribution in [-0.2, 0) is 0 Å². The molecule has 0 unspecified atom stereocenters. The van der Waals surface area contributed by atoms with E-state index >= 15 is 0 Å². The van der Waals surface area contributed by atoms with Crippen LogP contribution in [0.3, 0.4) is 0 Å². The van der Waals surface area contributed by atoms with Gasteiger partial charge in [0, 0.05) is 23.5 Å². The molecule has 3 N–H and O–H groups in total. The second-order valence-electron chi connectivity index (χ2n) is 6.56. The van der Waals surface area contributed by atoms with Crippen LogP contribution >= 0.6 is 0 Å². The lowest BCUT2D eigenvalue weighted by Gasteiger charge is -2.09. The molecule has 0 aliphatic carbocycles. The number of benzene rings is 2. The van der Waals surface area contributed by atoms with Gasteiger partial charge in [0.1, 0.15) is 11.5 Å². The molecule has 3 heterocycles. The quantitative estimate of drug-likeness (QED) is 0.455. The molecular weight excluding hydrogens is 362 g/mol. The SMILES string of the molecule is Nc1n[nH]c2cc(-c3ccncc3)nc(-c3ccc(Oc4ccccc4)cc3)c12. The van der Waals surface area contributed by atoms with Crippen molar-refractivity contribution >= 4 is 16.7 Å². The van der Waals surface area contributed by atoms with Crippen molar-refractivity contribution in [2.75, 3.05) is 5.73 Å². The molecule has 0 fully saturated rings. The Kier molecular flexibility index (Phi) is 4.14. The number of nitrogens with zero attached hydrogens (tertiary/aromatic N) is 3. The zero-order valence-electron chi connectivity index (χ0n) is 15.4. The van der Waals surface area contributed by atoms with E-state index in [0.717, 1.165) is 44.9 Å². The molecule has 6 nitrogen and oxygen atoms in total. The van der Waals surface area contributed by atoms with E-state index < -0.39 is 0 Å². The minimum absolute atomic E-state index is 0.424. The van der Waals surface area contributed by atoms with Crippen LogP contribution in [0.5, 0.6) is 11.5 Å². The van der Waals surface area contributed by atoms with E-state index in [2.05, 4.69) is 15.2 Å². The fraction of sp³-hybridized carbons (Fsp3) is 0. The number of pyridine rings is 2. The average Bonchev–Trinajstić information content (AvgIpc) is 3.16. The maximum atomic E-state index is 6.12. The summed E-state index contributed by atoms with van der Waals surface area (Å²) in [5, 5.41) is 7.97. The number of hydrogen-bond donors (Lipinski definition) is 2. The molecule has 5 aromatic rings. The first-order valence-corrected chi connectivity index (χ1v) is 9.16. The highest BCUT2D eigenvalue weighted by molar-refractivity contribution is 6.01. The first-order chi connectivity index (χ1) is 14.3. The molecule has 0 atom stereocenters. The second kappa shape index (κ2) is 7.09. The van der Waals surface area contributed by atoms with E-state index in [0.29, 0.717) is 5.82 Å². The Morgan fingerprint density at radius 2 is 1.52 bits per heavy atom. The Morgan fingerprint density at radius 1 is 0.793 bits per heavy atom. The number of nitrogen functional groups attached to an aromatic ring is 1. The summed E-state index contributed by atoms with van der Waals surface area (Å²) >= 11 is 0. The number of para-hydroxylation sites is 1. The summed E-state index contributed by atoms with van der Waals surface area (Å²) in [5.41, 5.74) is 10.5. The lowest BCUT2D eigenvalue weighted by Crippen LogP contribution is -1.93. The molecule has 0 radical (unpaired) electrons. The van der Waals surface area contributed by atoms with Gasteiger partial charge in [-0.15, -0.1) is 0 Å². The normalized spacial score (nSPS) is 10.9. The molecule has 0 bridgehead atoms. The summed E-state index contributed by atoms with van der Waals surface area (Å²) in [5.74, 6) is 1.97. The number of fused-ring (bicyclic) bond motifs is 1. The zero-order chi connectivity index (χ0) is 19.6. The molecule has 0 saturated carbocycles. The molecule has 0 spiro atoms. The van der Waals surface area contributed by atoms with Crippen molar-refractivity contribution in [3.05, 3.63) is 85.2 Å². The zero-order valence-corrected chi connectivity index (χ0v) is 15.4. The van der Waals surface area contributed by atoms with Crippen molar-refractivity contribution < 1.29 is 4.74 Å². The van der Waals surface area contributed by atoms with Gasteiger partial charge < -0.3 is 10.5 Å². The van der Waals surface area contributed by atoms with Gasteiger partial charge in [0.05, 0.1) is 22.3 Å². The molecule has 5 rings (SSSR count). The lowest BCUT2D eigenvalue weighted by atomic mass is 10.0. The van der Waals surface area contributed by atoms with Gasteiger partial charge in [0.15, 0.2) is 5.82 Å². The van der Waals surface area contributed by atoms with E-state index in [1.54, 1.807) is 12.4 Å². The molecule has 29 heavy (non-hydrogen) atoms. The van der Waals surface area contributed by atoms with Gasteiger partial charge in [-0.1, -0.05) is 18.2 Å². The standard InChI is InChI=1S/C23H17N5O/c24-23-21-20(27-28-23)14-19(15-10-12-25-13-11-15)26-22(21)16-6-8-18(9-7-16)29-17-4-2-1-3-5-17/h1-14H,(H3,24,27,28). The predicted octanol–water partition coefficient (Wildman–Crippen LogP) is 5.06. The van der Waals surface area contributed by atoms with Gasteiger partial charge in [0.2, 0.25) is 0 Å². The van der Waals surface area contributed by atoms with E-state index in [1.165, 1.54) is 0 Å². The fourth-order valence-corrected chi connectivity index (χ4v) is 3.25. The highest BCUT2D eigenvalue weighted by Gasteiger charge is 2.15. The number of rotatable bonds is 4. The molecule has 0 aliphatic heterocycles. The lowest BCUT2D eigenvalue weighted by molar-refractivity contribution is 0.483. The Hall–Kier alpha value is -4.19. The van der Waals surface area contributed by atoms with Crippen LogP contribution in [0.1, 0.15) is 0 Å². The largest absolute Gasteiger partial charge is 0.457 e. The number of nitrogens with one attached hydrogen (secondary N) is 1. The van der Waals surface area contributed by atoms with Crippen LogP contribution in [0.2, 0.25) is 0 Å². The van der Waals surface area contributed by atoms with Crippen LogP contribution < -0.4 is 10.5 Å². The van der Waals surface area contributed by atoms with Crippen LogP contribution in [0, 0.1) is 0 Å². The molecule has 2 aromatic carbocycles. The summed E-state index contributed by atoms with van der Waals surface area (Å²) in [6, 6.07) is 23.3. The number of H-pyrrole nitrogens is 1. The monoisotopic (exact) mass is 379 g/mol. The minimum atomic E-state index is 0.424. The molecule has 6 heteroatoms. The maximum Gasteiger partial charge on any atom is 0.155 e. The third-order valence-corrected chi connectivity index (χ3v) is 4.66. The number of ether oxygens (including phenoxy) is 1. The van der Waals surface area contributed by atoms with Gasteiger partial charge in [-0.05, 0) is 54.6 Å². The Morgan fingerprint density at radius 3 is 2.28 bits per heavy atom. The number of aromatic amines is 1. The van der Waals surface area contributed by atoms with Crippen LogP contribution in [-0.4, -0.2) is 20.2 Å². The number of aromatic nitrogens is 4. The molecule has 0 aliphatic rings. The van der Waals surface area contributed by atoms with Crippen LogP contribution in [0.4, 0.5) is 5.82 Å². The second-order valence-corrected chi connectivity index (χ2v) is 6.56. The summed E-state index contributed by atoms with van der Waals surface area (Å²) in [7, 11) is 0. The Balaban J connectivity index is 1.58. The summed E-state index contributed by atoms with van der Waals surface area (Å²) in [6.45, 7) is 0. The van der Waals surface area contributed by atoms with Gasteiger partial charge in [-0.25, -0.2) is 4.98 Å². The molecule has 0 saturated heterocycles. The summed E-state index contributed by atoms with van der Waals surface area (Å²) < 4.78 is 5.89. The van der Waals surface area contributed by atoms with Gasteiger partial charge in [-0.3, -0.25) is 10.1 Å². The van der Waals surface area contributed by atoms with Crippen molar-refractivity contribution in [1.82, 2.24) is 20.2 Å². The fourth-order valence-electron chi connectivity index (χ4n) is 3.25. The molecule has 140 valence electrons. The number of nitrogens with two attached hydrogens (primary N) is 1. The minimum Gasteiger partial charge on any atom is -0.457 e. The molecule has 0 amide bonds. The van der Waals surface area contributed by atoms with Crippen LogP contribution in [0.25, 0.3) is 33.4 Å². The highest BCUT2D eigenvalue weighted by atomic mass is 16.5. The van der Waals surface area contributed by atoms with Crippen molar-refractivity contribution in [2.45, 2.75) is 0 Å². The smallest absolute Gasteiger partial charge is 0.155 e. The average molecular weight is 379 g/mol. The van der Waals surface area contributed by atoms with Gasteiger partial charge >= 0.3 is 0 Å². The van der Waals surface area contributed by atoms with Crippen molar-refractivity contribution in [3.63, 3.8) is 0 Å². The topological polar surface area (TPSA) is 89.7 Å². The maximum absolute atomic E-state index is 6.12. The van der Waals surface area contributed by atoms with Crippen molar-refractivity contribution in [3.8, 4) is 34.0 Å². The summed E-state index contributed by atoms with van der Waals surface area (Å²) in [6.07, 6.45) is 3.50. The van der Waals surface area contributed by atoms with E-state index in [4.69, 9.17) is 15.5 Å². The van der Waals surface area contributed by atoms with E-state index in [-0.39, 0.29) is 0 Å². The highest BCUT2D eigenvalue weighted by Crippen LogP contribution is 2.34. The first kappa shape index (κ1) is 16.9. The number of hydrogen-bond acceptors (Lipinski definition) is 5.